The number of nitrogens with two attached hydrogens (primary N) is 1. The molecule has 1 rings (SSSR count). The summed E-state index contributed by atoms with van der Waals surface area (Å²) in [6.45, 7) is 0. The van der Waals surface area contributed by atoms with E-state index in [-0.39, 0.29) is 11.3 Å². The molecular weight excluding hydrogens is 196 g/mol. The molecule has 5 heteroatoms. The summed E-state index contributed by atoms with van der Waals surface area (Å²) in [5.74, 6) is 1.13. The van der Waals surface area contributed by atoms with Crippen LogP contribution in [0, 0.1) is 11.3 Å². The van der Waals surface area contributed by atoms with Crippen LogP contribution in [0.5, 0.6) is 17.2 Å². The lowest BCUT2D eigenvalue weighted by Gasteiger charge is -2.13. The van der Waals surface area contributed by atoms with Gasteiger partial charge in [-0.1, -0.05) is 0 Å². The van der Waals surface area contributed by atoms with Crippen molar-refractivity contribution in [3.8, 4) is 23.3 Å². The van der Waals surface area contributed by atoms with Crippen molar-refractivity contribution in [3.63, 3.8) is 0 Å². The molecule has 80 valence electrons. The first-order valence-electron chi connectivity index (χ1n) is 4.18. The smallest absolute Gasteiger partial charge is 0.180 e. The highest BCUT2D eigenvalue weighted by atomic mass is 16.5. The molecule has 0 heterocycles. The first-order valence-corrected chi connectivity index (χ1v) is 4.18. The Hall–Kier alpha value is -2.09. The maximum absolute atomic E-state index is 8.95. The average Bonchev–Trinajstić information content (AvgIpc) is 2.28. The van der Waals surface area contributed by atoms with Crippen molar-refractivity contribution in [1.82, 2.24) is 0 Å². The molecule has 0 saturated carbocycles. The van der Waals surface area contributed by atoms with E-state index in [1.165, 1.54) is 21.3 Å². The van der Waals surface area contributed by atoms with Gasteiger partial charge in [0.05, 0.1) is 27.0 Å². The van der Waals surface area contributed by atoms with Gasteiger partial charge in [0, 0.05) is 6.07 Å². The molecule has 0 aromatic heterocycles. The molecule has 1 aromatic carbocycles. The molecule has 0 unspecified atom stereocenters. The van der Waals surface area contributed by atoms with E-state index in [1.54, 1.807) is 6.07 Å². The Morgan fingerprint density at radius 2 is 1.73 bits per heavy atom. The van der Waals surface area contributed by atoms with Crippen LogP contribution < -0.4 is 19.9 Å². The third kappa shape index (κ3) is 1.74. The minimum atomic E-state index is 0.216. The van der Waals surface area contributed by atoms with Gasteiger partial charge in [0.15, 0.2) is 11.5 Å². The molecule has 0 fully saturated rings. The van der Waals surface area contributed by atoms with Crippen molar-refractivity contribution in [1.29, 1.82) is 5.26 Å². The van der Waals surface area contributed by atoms with Crippen LogP contribution in [0.15, 0.2) is 6.07 Å². The average molecular weight is 208 g/mol. The SMILES string of the molecule is COc1cc(OC)c(OC)c(C#N)c1N. The molecule has 0 bridgehead atoms. The Morgan fingerprint density at radius 3 is 2.13 bits per heavy atom. The zero-order chi connectivity index (χ0) is 11.4. The van der Waals surface area contributed by atoms with Crippen LogP contribution in [0.1, 0.15) is 5.56 Å². The molecule has 0 saturated heterocycles. The summed E-state index contributed by atoms with van der Waals surface area (Å²) >= 11 is 0. The first kappa shape index (κ1) is 11.0. The maximum atomic E-state index is 8.95. The number of ether oxygens (including phenoxy) is 3. The Balaban J connectivity index is 3.52. The van der Waals surface area contributed by atoms with Crippen LogP contribution in [-0.4, -0.2) is 21.3 Å². The highest BCUT2D eigenvalue weighted by molar-refractivity contribution is 5.72. The van der Waals surface area contributed by atoms with E-state index in [2.05, 4.69) is 0 Å². The summed E-state index contributed by atoms with van der Waals surface area (Å²) < 4.78 is 15.1. The quantitative estimate of drug-likeness (QED) is 0.754. The van der Waals surface area contributed by atoms with Gasteiger partial charge in [-0.15, -0.1) is 0 Å². The summed E-state index contributed by atoms with van der Waals surface area (Å²) in [5.41, 5.74) is 6.19. The van der Waals surface area contributed by atoms with Gasteiger partial charge < -0.3 is 19.9 Å². The summed E-state index contributed by atoms with van der Waals surface area (Å²) in [7, 11) is 4.40. The van der Waals surface area contributed by atoms with Crippen LogP contribution in [0.2, 0.25) is 0 Å². The number of rotatable bonds is 3. The van der Waals surface area contributed by atoms with Crippen molar-refractivity contribution in [3.05, 3.63) is 11.6 Å². The minimum Gasteiger partial charge on any atom is -0.494 e. The van der Waals surface area contributed by atoms with Gasteiger partial charge in [0.25, 0.3) is 0 Å². The number of nitrogen functional groups attached to an aromatic ring is 1. The lowest BCUT2D eigenvalue weighted by atomic mass is 10.1. The highest BCUT2D eigenvalue weighted by Gasteiger charge is 2.17. The predicted molar refractivity (Wildman–Crippen MR) is 55.2 cm³/mol. The number of hydrogen-bond acceptors (Lipinski definition) is 5. The van der Waals surface area contributed by atoms with E-state index >= 15 is 0 Å². The fourth-order valence-corrected chi connectivity index (χ4v) is 1.27. The number of nitriles is 1. The largest absolute Gasteiger partial charge is 0.494 e. The molecule has 0 amide bonds. The van der Waals surface area contributed by atoms with Gasteiger partial charge in [-0.05, 0) is 0 Å². The van der Waals surface area contributed by atoms with Gasteiger partial charge in [-0.2, -0.15) is 5.26 Å². The summed E-state index contributed by atoms with van der Waals surface area (Å²) in [5, 5.41) is 8.95. The molecular formula is C10H12N2O3. The minimum absolute atomic E-state index is 0.216. The molecule has 0 radical (unpaired) electrons. The number of hydrogen-bond donors (Lipinski definition) is 1. The summed E-state index contributed by atoms with van der Waals surface area (Å²) in [6, 6.07) is 3.53. The molecule has 0 aliphatic heterocycles. The Kier molecular flexibility index (Phi) is 3.24. The lowest BCUT2D eigenvalue weighted by molar-refractivity contribution is 0.349. The standard InChI is InChI=1S/C10H12N2O3/c1-13-7-4-8(14-2)10(15-3)6(5-11)9(7)12/h4H,12H2,1-3H3. The predicted octanol–water partition coefficient (Wildman–Crippen LogP) is 1.17. The fraction of sp³-hybridized carbons (Fsp3) is 0.300. The maximum Gasteiger partial charge on any atom is 0.180 e. The van der Waals surface area contributed by atoms with Gasteiger partial charge in [0.2, 0.25) is 0 Å². The van der Waals surface area contributed by atoms with Crippen LogP contribution in [0.25, 0.3) is 0 Å². The van der Waals surface area contributed by atoms with Crippen molar-refractivity contribution in [2.24, 2.45) is 0 Å². The van der Waals surface area contributed by atoms with Crippen LogP contribution >= 0.6 is 0 Å². The second-order valence-corrected chi connectivity index (χ2v) is 2.71. The molecule has 0 aliphatic rings. The third-order valence-corrected chi connectivity index (χ3v) is 2.00. The molecule has 0 spiro atoms. The molecule has 15 heavy (non-hydrogen) atoms. The number of methoxy groups -OCH3 is 3. The molecule has 5 nitrogen and oxygen atoms in total. The topological polar surface area (TPSA) is 77.5 Å². The number of benzene rings is 1. The van der Waals surface area contributed by atoms with Crippen LogP contribution in [-0.2, 0) is 0 Å². The van der Waals surface area contributed by atoms with Gasteiger partial charge in [-0.3, -0.25) is 0 Å². The number of anilines is 1. The van der Waals surface area contributed by atoms with E-state index in [0.717, 1.165) is 0 Å². The van der Waals surface area contributed by atoms with E-state index < -0.39 is 0 Å². The van der Waals surface area contributed by atoms with Gasteiger partial charge in [0.1, 0.15) is 17.4 Å². The normalized spacial score (nSPS) is 9.20. The van der Waals surface area contributed by atoms with Crippen molar-refractivity contribution in [2.75, 3.05) is 27.1 Å². The molecule has 0 aliphatic carbocycles. The van der Waals surface area contributed by atoms with E-state index in [9.17, 15) is 0 Å². The first-order chi connectivity index (χ1) is 7.19. The Bertz CT molecular complexity index is 410. The summed E-state index contributed by atoms with van der Waals surface area (Å²) in [6.07, 6.45) is 0. The molecule has 1 aromatic rings. The van der Waals surface area contributed by atoms with E-state index in [1.807, 2.05) is 6.07 Å². The zero-order valence-corrected chi connectivity index (χ0v) is 8.83. The lowest BCUT2D eigenvalue weighted by Crippen LogP contribution is -2.01. The Labute approximate surface area is 88.0 Å². The zero-order valence-electron chi connectivity index (χ0n) is 8.83. The van der Waals surface area contributed by atoms with Crippen LogP contribution in [0.3, 0.4) is 0 Å². The second-order valence-electron chi connectivity index (χ2n) is 2.71. The highest BCUT2D eigenvalue weighted by Crippen LogP contribution is 2.40. The van der Waals surface area contributed by atoms with E-state index in [4.69, 9.17) is 25.2 Å². The monoisotopic (exact) mass is 208 g/mol. The van der Waals surface area contributed by atoms with Crippen LogP contribution in [0.4, 0.5) is 5.69 Å². The van der Waals surface area contributed by atoms with Crippen molar-refractivity contribution >= 4 is 5.69 Å². The fourth-order valence-electron chi connectivity index (χ4n) is 1.27. The summed E-state index contributed by atoms with van der Waals surface area (Å²) in [4.78, 5) is 0. The van der Waals surface area contributed by atoms with Gasteiger partial charge >= 0.3 is 0 Å². The Morgan fingerprint density at radius 1 is 1.13 bits per heavy atom. The van der Waals surface area contributed by atoms with Crippen molar-refractivity contribution in [2.45, 2.75) is 0 Å². The molecule has 2 N–H and O–H groups in total. The molecule has 0 atom stereocenters. The number of nitrogens with zero attached hydrogens (tertiary/aromatic N) is 1. The van der Waals surface area contributed by atoms with Crippen molar-refractivity contribution < 1.29 is 14.2 Å². The van der Waals surface area contributed by atoms with E-state index in [0.29, 0.717) is 17.2 Å². The van der Waals surface area contributed by atoms with Gasteiger partial charge in [-0.25, -0.2) is 0 Å². The third-order valence-electron chi connectivity index (χ3n) is 2.00. The second kappa shape index (κ2) is 4.42.